The molecule has 0 bridgehead atoms. The summed E-state index contributed by atoms with van der Waals surface area (Å²) in [4.78, 5) is 0. The van der Waals surface area contributed by atoms with Crippen molar-refractivity contribution in [1.29, 1.82) is 0 Å². The third-order valence-electron chi connectivity index (χ3n) is 3.35. The molecule has 0 radical (unpaired) electrons. The molecule has 1 aliphatic carbocycles. The van der Waals surface area contributed by atoms with Gasteiger partial charge in [0.15, 0.2) is 0 Å². The first-order valence-corrected chi connectivity index (χ1v) is 6.77. The molecule has 1 rings (SSSR count). The van der Waals surface area contributed by atoms with Gasteiger partial charge < -0.3 is 5.32 Å². The van der Waals surface area contributed by atoms with Crippen LogP contribution in [0.4, 0.5) is 0 Å². The smallest absolute Gasteiger partial charge is 0.0164 e. The first kappa shape index (κ1) is 12.8. The van der Waals surface area contributed by atoms with E-state index >= 15 is 0 Å². The zero-order valence-corrected chi connectivity index (χ0v) is 10.5. The molecule has 0 spiro atoms. The van der Waals surface area contributed by atoms with Crippen molar-refractivity contribution in [3.63, 3.8) is 0 Å². The van der Waals surface area contributed by atoms with E-state index < -0.39 is 0 Å². The van der Waals surface area contributed by atoms with Crippen LogP contribution in [0, 0.1) is 5.92 Å². The average Bonchev–Trinajstić information content (AvgIpc) is 2.29. The van der Waals surface area contributed by atoms with Crippen LogP contribution < -0.4 is 5.32 Å². The lowest BCUT2D eigenvalue weighted by Gasteiger charge is -2.19. The molecule has 0 atom stereocenters. The van der Waals surface area contributed by atoms with Gasteiger partial charge in [0.2, 0.25) is 0 Å². The maximum atomic E-state index is 3.51. The second kappa shape index (κ2) is 7.92. The SMILES string of the molecule is CCCNCC(=CC1CCCCC1)CC. The third-order valence-corrected chi connectivity index (χ3v) is 3.35. The van der Waals surface area contributed by atoms with Crippen molar-refractivity contribution in [2.75, 3.05) is 13.1 Å². The molecule has 0 aliphatic heterocycles. The molecule has 0 amide bonds. The summed E-state index contributed by atoms with van der Waals surface area (Å²) >= 11 is 0. The van der Waals surface area contributed by atoms with E-state index in [2.05, 4.69) is 25.2 Å². The van der Waals surface area contributed by atoms with Crippen LogP contribution in [0.5, 0.6) is 0 Å². The third kappa shape index (κ3) is 5.36. The molecular weight excluding hydrogens is 182 g/mol. The maximum absolute atomic E-state index is 3.51. The first-order valence-electron chi connectivity index (χ1n) is 6.77. The minimum Gasteiger partial charge on any atom is -0.313 e. The fourth-order valence-corrected chi connectivity index (χ4v) is 2.36. The zero-order valence-electron chi connectivity index (χ0n) is 10.5. The zero-order chi connectivity index (χ0) is 10.9. The van der Waals surface area contributed by atoms with Gasteiger partial charge in [-0.25, -0.2) is 0 Å². The Labute approximate surface area is 95.3 Å². The summed E-state index contributed by atoms with van der Waals surface area (Å²) in [5.74, 6) is 0.886. The maximum Gasteiger partial charge on any atom is 0.0164 e. The van der Waals surface area contributed by atoms with Gasteiger partial charge >= 0.3 is 0 Å². The molecule has 1 N–H and O–H groups in total. The predicted octanol–water partition coefficient (Wildman–Crippen LogP) is 3.90. The van der Waals surface area contributed by atoms with E-state index in [0.29, 0.717) is 0 Å². The Morgan fingerprint density at radius 1 is 1.20 bits per heavy atom. The fraction of sp³-hybridized carbons (Fsp3) is 0.857. The highest BCUT2D eigenvalue weighted by molar-refractivity contribution is 5.06. The largest absolute Gasteiger partial charge is 0.313 e. The number of hydrogen-bond acceptors (Lipinski definition) is 1. The molecule has 0 unspecified atom stereocenters. The molecule has 1 fully saturated rings. The Hall–Kier alpha value is -0.300. The second-order valence-corrected chi connectivity index (χ2v) is 4.75. The Morgan fingerprint density at radius 2 is 1.93 bits per heavy atom. The standard InChI is InChI=1S/C14H27N/c1-3-10-15-12-13(4-2)11-14-8-6-5-7-9-14/h11,14-15H,3-10,12H2,1-2H3. The van der Waals surface area contributed by atoms with Crippen LogP contribution in [0.1, 0.15) is 58.8 Å². The Balaban J connectivity index is 2.30. The lowest BCUT2D eigenvalue weighted by molar-refractivity contribution is 0.416. The van der Waals surface area contributed by atoms with Gasteiger partial charge in [-0.3, -0.25) is 0 Å². The van der Waals surface area contributed by atoms with E-state index in [0.717, 1.165) is 19.0 Å². The van der Waals surface area contributed by atoms with E-state index in [1.165, 1.54) is 44.9 Å². The van der Waals surface area contributed by atoms with E-state index in [-0.39, 0.29) is 0 Å². The van der Waals surface area contributed by atoms with E-state index in [9.17, 15) is 0 Å². The van der Waals surface area contributed by atoms with Crippen molar-refractivity contribution in [2.45, 2.75) is 58.8 Å². The second-order valence-electron chi connectivity index (χ2n) is 4.75. The lowest BCUT2D eigenvalue weighted by Crippen LogP contribution is -2.18. The van der Waals surface area contributed by atoms with Gasteiger partial charge in [-0.2, -0.15) is 0 Å². The van der Waals surface area contributed by atoms with Crippen LogP contribution in [-0.4, -0.2) is 13.1 Å². The fourth-order valence-electron chi connectivity index (χ4n) is 2.36. The van der Waals surface area contributed by atoms with Crippen LogP contribution in [0.3, 0.4) is 0 Å². The number of allylic oxidation sites excluding steroid dienone is 1. The van der Waals surface area contributed by atoms with Gasteiger partial charge in [0.25, 0.3) is 0 Å². The lowest BCUT2D eigenvalue weighted by atomic mass is 9.87. The van der Waals surface area contributed by atoms with Crippen LogP contribution >= 0.6 is 0 Å². The van der Waals surface area contributed by atoms with Gasteiger partial charge in [-0.1, -0.05) is 44.8 Å². The van der Waals surface area contributed by atoms with Crippen molar-refractivity contribution in [1.82, 2.24) is 5.32 Å². The molecule has 1 saturated carbocycles. The van der Waals surface area contributed by atoms with Crippen LogP contribution in [0.2, 0.25) is 0 Å². The highest BCUT2D eigenvalue weighted by atomic mass is 14.8. The first-order chi connectivity index (χ1) is 7.36. The molecular formula is C14H27N. The minimum atomic E-state index is 0.886. The molecule has 0 heterocycles. The summed E-state index contributed by atoms with van der Waals surface area (Å²) < 4.78 is 0. The molecule has 0 saturated heterocycles. The van der Waals surface area contributed by atoms with Gasteiger partial charge in [-0.15, -0.1) is 0 Å². The summed E-state index contributed by atoms with van der Waals surface area (Å²) in [6.45, 7) is 6.77. The summed E-state index contributed by atoms with van der Waals surface area (Å²) in [5.41, 5.74) is 1.62. The number of rotatable bonds is 6. The molecule has 88 valence electrons. The summed E-state index contributed by atoms with van der Waals surface area (Å²) in [6.07, 6.45) is 12.2. The molecule has 0 aromatic carbocycles. The summed E-state index contributed by atoms with van der Waals surface area (Å²) in [7, 11) is 0. The molecule has 1 nitrogen and oxygen atoms in total. The van der Waals surface area contributed by atoms with Gasteiger partial charge in [0.05, 0.1) is 0 Å². The molecule has 0 aromatic heterocycles. The molecule has 1 heteroatoms. The van der Waals surface area contributed by atoms with Crippen molar-refractivity contribution in [3.05, 3.63) is 11.6 Å². The quantitative estimate of drug-likeness (QED) is 0.517. The highest BCUT2D eigenvalue weighted by Gasteiger charge is 2.11. The Kier molecular flexibility index (Phi) is 6.74. The summed E-state index contributed by atoms with van der Waals surface area (Å²) in [6, 6.07) is 0. The van der Waals surface area contributed by atoms with Gasteiger partial charge in [-0.05, 0) is 38.1 Å². The Bertz CT molecular complexity index is 178. The van der Waals surface area contributed by atoms with Crippen molar-refractivity contribution >= 4 is 0 Å². The topological polar surface area (TPSA) is 12.0 Å². The van der Waals surface area contributed by atoms with Gasteiger partial charge in [0.1, 0.15) is 0 Å². The normalized spacial score (nSPS) is 19.5. The van der Waals surface area contributed by atoms with E-state index in [4.69, 9.17) is 0 Å². The van der Waals surface area contributed by atoms with Crippen LogP contribution in [0.25, 0.3) is 0 Å². The van der Waals surface area contributed by atoms with E-state index in [1.807, 2.05) is 0 Å². The minimum absolute atomic E-state index is 0.886. The predicted molar refractivity (Wildman–Crippen MR) is 68.1 cm³/mol. The number of nitrogens with one attached hydrogen (secondary N) is 1. The van der Waals surface area contributed by atoms with Crippen LogP contribution in [-0.2, 0) is 0 Å². The Morgan fingerprint density at radius 3 is 2.53 bits per heavy atom. The highest BCUT2D eigenvalue weighted by Crippen LogP contribution is 2.25. The van der Waals surface area contributed by atoms with Crippen LogP contribution in [0.15, 0.2) is 11.6 Å². The number of hydrogen-bond donors (Lipinski definition) is 1. The molecule has 1 aliphatic rings. The summed E-state index contributed by atoms with van der Waals surface area (Å²) in [5, 5.41) is 3.51. The van der Waals surface area contributed by atoms with Crippen molar-refractivity contribution < 1.29 is 0 Å². The van der Waals surface area contributed by atoms with E-state index in [1.54, 1.807) is 5.57 Å². The van der Waals surface area contributed by atoms with Crippen molar-refractivity contribution in [3.8, 4) is 0 Å². The van der Waals surface area contributed by atoms with Crippen molar-refractivity contribution in [2.24, 2.45) is 5.92 Å². The molecule has 15 heavy (non-hydrogen) atoms. The average molecular weight is 209 g/mol. The monoisotopic (exact) mass is 209 g/mol. The molecule has 0 aromatic rings. The van der Waals surface area contributed by atoms with Gasteiger partial charge in [0, 0.05) is 6.54 Å².